The summed E-state index contributed by atoms with van der Waals surface area (Å²) < 4.78 is 16.3. The fraction of sp³-hybridized carbons (Fsp3) is 1.00. The molecule has 0 amide bonds. The van der Waals surface area contributed by atoms with Crippen LogP contribution in [0.15, 0.2) is 0 Å². The third kappa shape index (κ3) is 5.34. The van der Waals surface area contributed by atoms with Crippen molar-refractivity contribution in [2.24, 2.45) is 11.7 Å². The highest BCUT2D eigenvalue weighted by Crippen LogP contribution is 2.36. The molecule has 2 atom stereocenters. The van der Waals surface area contributed by atoms with E-state index in [9.17, 15) is 0 Å². The molecule has 0 spiro atoms. The quantitative estimate of drug-likeness (QED) is 0.627. The van der Waals surface area contributed by atoms with Gasteiger partial charge in [-0.15, -0.1) is 0 Å². The van der Waals surface area contributed by atoms with E-state index in [0.717, 1.165) is 38.4 Å². The minimum Gasteiger partial charge on any atom is -0.385 e. The molecule has 0 aromatic rings. The topological polar surface area (TPSA) is 53.7 Å². The molecular formula is C13H27NO3. The first-order valence-electron chi connectivity index (χ1n) is 6.63. The van der Waals surface area contributed by atoms with Gasteiger partial charge in [0.1, 0.15) is 0 Å². The zero-order valence-electron chi connectivity index (χ0n) is 11.2. The predicted molar refractivity (Wildman–Crippen MR) is 68.1 cm³/mol. The van der Waals surface area contributed by atoms with Crippen molar-refractivity contribution >= 4 is 0 Å². The molecule has 1 aliphatic rings. The van der Waals surface area contributed by atoms with Crippen LogP contribution in [0.25, 0.3) is 0 Å². The van der Waals surface area contributed by atoms with Crippen molar-refractivity contribution in [3.63, 3.8) is 0 Å². The maximum atomic E-state index is 5.94. The molecule has 0 saturated heterocycles. The Kier molecular flexibility index (Phi) is 7.04. The van der Waals surface area contributed by atoms with Crippen molar-refractivity contribution < 1.29 is 14.2 Å². The SMILES string of the molecule is COCCCOCCOC1(CN)CCC(C)C1. The molecule has 17 heavy (non-hydrogen) atoms. The second-order valence-corrected chi connectivity index (χ2v) is 5.04. The summed E-state index contributed by atoms with van der Waals surface area (Å²) in [6.07, 6.45) is 4.35. The van der Waals surface area contributed by atoms with Gasteiger partial charge in [-0.25, -0.2) is 0 Å². The molecule has 0 aromatic heterocycles. The van der Waals surface area contributed by atoms with Gasteiger partial charge in [0, 0.05) is 26.9 Å². The number of ether oxygens (including phenoxy) is 3. The summed E-state index contributed by atoms with van der Waals surface area (Å²) in [5.41, 5.74) is 5.76. The maximum Gasteiger partial charge on any atom is 0.0807 e. The van der Waals surface area contributed by atoms with Crippen LogP contribution in [0, 0.1) is 5.92 Å². The van der Waals surface area contributed by atoms with E-state index in [0.29, 0.717) is 19.8 Å². The molecule has 1 saturated carbocycles. The summed E-state index contributed by atoms with van der Waals surface area (Å²) in [6.45, 7) is 5.69. The molecule has 0 bridgehead atoms. The van der Waals surface area contributed by atoms with E-state index in [1.54, 1.807) is 7.11 Å². The Hall–Kier alpha value is -0.160. The van der Waals surface area contributed by atoms with Crippen molar-refractivity contribution in [1.29, 1.82) is 0 Å². The van der Waals surface area contributed by atoms with E-state index < -0.39 is 0 Å². The molecule has 0 radical (unpaired) electrons. The average Bonchev–Trinajstić information content (AvgIpc) is 2.71. The molecular weight excluding hydrogens is 218 g/mol. The first-order valence-corrected chi connectivity index (χ1v) is 6.63. The molecule has 0 heterocycles. The van der Waals surface area contributed by atoms with E-state index >= 15 is 0 Å². The first kappa shape index (κ1) is 14.9. The predicted octanol–water partition coefficient (Wildman–Crippen LogP) is 1.57. The molecule has 0 aliphatic heterocycles. The lowest BCUT2D eigenvalue weighted by Gasteiger charge is -2.28. The highest BCUT2D eigenvalue weighted by atomic mass is 16.5. The van der Waals surface area contributed by atoms with Crippen LogP contribution in [-0.4, -0.2) is 45.7 Å². The Morgan fingerprint density at radius 1 is 1.24 bits per heavy atom. The summed E-state index contributed by atoms with van der Waals surface area (Å²) in [6, 6.07) is 0. The van der Waals surface area contributed by atoms with Gasteiger partial charge in [-0.05, 0) is 31.6 Å². The number of nitrogens with two attached hydrogens (primary N) is 1. The largest absolute Gasteiger partial charge is 0.385 e. The lowest BCUT2D eigenvalue weighted by molar-refractivity contribution is -0.0609. The highest BCUT2D eigenvalue weighted by molar-refractivity contribution is 4.90. The van der Waals surface area contributed by atoms with E-state index in [1.807, 2.05) is 0 Å². The van der Waals surface area contributed by atoms with Crippen molar-refractivity contribution in [3.8, 4) is 0 Å². The van der Waals surface area contributed by atoms with Gasteiger partial charge < -0.3 is 19.9 Å². The molecule has 4 nitrogen and oxygen atoms in total. The minimum atomic E-state index is -0.0741. The Bertz CT molecular complexity index is 201. The van der Waals surface area contributed by atoms with E-state index in [2.05, 4.69) is 6.92 Å². The highest BCUT2D eigenvalue weighted by Gasteiger charge is 2.36. The zero-order chi connectivity index (χ0) is 12.6. The Morgan fingerprint density at radius 3 is 2.65 bits per heavy atom. The minimum absolute atomic E-state index is 0.0741. The number of hydrogen-bond acceptors (Lipinski definition) is 4. The molecule has 102 valence electrons. The second-order valence-electron chi connectivity index (χ2n) is 5.04. The number of methoxy groups -OCH3 is 1. The van der Waals surface area contributed by atoms with Crippen molar-refractivity contribution in [1.82, 2.24) is 0 Å². The van der Waals surface area contributed by atoms with Crippen molar-refractivity contribution in [2.45, 2.75) is 38.2 Å². The average molecular weight is 245 g/mol. The second kappa shape index (κ2) is 8.03. The monoisotopic (exact) mass is 245 g/mol. The molecule has 2 unspecified atom stereocenters. The van der Waals surface area contributed by atoms with Crippen LogP contribution in [0.5, 0.6) is 0 Å². The third-order valence-corrected chi connectivity index (χ3v) is 3.46. The molecule has 1 rings (SSSR count). The number of rotatable bonds is 9. The van der Waals surface area contributed by atoms with Crippen molar-refractivity contribution in [3.05, 3.63) is 0 Å². The van der Waals surface area contributed by atoms with Gasteiger partial charge in [-0.3, -0.25) is 0 Å². The Balaban J connectivity index is 2.04. The van der Waals surface area contributed by atoms with Gasteiger partial charge in [0.05, 0.1) is 18.8 Å². The smallest absolute Gasteiger partial charge is 0.0807 e. The molecule has 2 N–H and O–H groups in total. The number of hydrogen-bond donors (Lipinski definition) is 1. The summed E-state index contributed by atoms with van der Waals surface area (Å²) in [7, 11) is 1.70. The van der Waals surface area contributed by atoms with E-state index in [4.69, 9.17) is 19.9 Å². The van der Waals surface area contributed by atoms with Crippen LogP contribution >= 0.6 is 0 Å². The Morgan fingerprint density at radius 2 is 2.06 bits per heavy atom. The van der Waals surface area contributed by atoms with E-state index in [1.165, 1.54) is 6.42 Å². The van der Waals surface area contributed by atoms with Gasteiger partial charge in [0.2, 0.25) is 0 Å². The Labute approximate surface area is 105 Å². The standard InChI is InChI=1S/C13H27NO3/c1-12-4-5-13(10-12,11-14)17-9-8-16-7-3-6-15-2/h12H,3-11,14H2,1-2H3. The first-order chi connectivity index (χ1) is 8.22. The molecule has 4 heteroatoms. The van der Waals surface area contributed by atoms with Gasteiger partial charge in [0.25, 0.3) is 0 Å². The summed E-state index contributed by atoms with van der Waals surface area (Å²) in [4.78, 5) is 0. The van der Waals surface area contributed by atoms with Gasteiger partial charge in [-0.2, -0.15) is 0 Å². The molecule has 1 aliphatic carbocycles. The van der Waals surface area contributed by atoms with Crippen LogP contribution in [-0.2, 0) is 14.2 Å². The fourth-order valence-electron chi connectivity index (χ4n) is 2.45. The van der Waals surface area contributed by atoms with Crippen LogP contribution in [0.1, 0.15) is 32.6 Å². The summed E-state index contributed by atoms with van der Waals surface area (Å²) >= 11 is 0. The summed E-state index contributed by atoms with van der Waals surface area (Å²) in [5, 5.41) is 0. The lowest BCUT2D eigenvalue weighted by atomic mass is 10.0. The van der Waals surface area contributed by atoms with Crippen LogP contribution in [0.4, 0.5) is 0 Å². The zero-order valence-corrected chi connectivity index (χ0v) is 11.2. The lowest BCUT2D eigenvalue weighted by Crippen LogP contribution is -2.39. The maximum absolute atomic E-state index is 5.94. The molecule has 0 aromatic carbocycles. The van der Waals surface area contributed by atoms with Crippen molar-refractivity contribution in [2.75, 3.05) is 40.1 Å². The van der Waals surface area contributed by atoms with Crippen LogP contribution in [0.2, 0.25) is 0 Å². The normalized spacial score (nSPS) is 28.8. The van der Waals surface area contributed by atoms with Crippen LogP contribution < -0.4 is 5.73 Å². The van der Waals surface area contributed by atoms with Gasteiger partial charge >= 0.3 is 0 Å². The van der Waals surface area contributed by atoms with E-state index in [-0.39, 0.29) is 5.60 Å². The summed E-state index contributed by atoms with van der Waals surface area (Å²) in [5.74, 6) is 0.737. The van der Waals surface area contributed by atoms with Gasteiger partial charge in [-0.1, -0.05) is 6.92 Å². The molecule has 1 fully saturated rings. The third-order valence-electron chi connectivity index (χ3n) is 3.46. The fourth-order valence-corrected chi connectivity index (χ4v) is 2.45. The van der Waals surface area contributed by atoms with Crippen LogP contribution in [0.3, 0.4) is 0 Å². The van der Waals surface area contributed by atoms with Gasteiger partial charge in [0.15, 0.2) is 0 Å².